The molecular weight excluding hydrogens is 301 g/mol. The van der Waals surface area contributed by atoms with E-state index in [2.05, 4.69) is 5.32 Å². The van der Waals surface area contributed by atoms with E-state index >= 15 is 0 Å². The van der Waals surface area contributed by atoms with Gasteiger partial charge in [-0.1, -0.05) is 6.07 Å². The van der Waals surface area contributed by atoms with Gasteiger partial charge in [0.2, 0.25) is 5.91 Å². The second-order valence-electron chi connectivity index (χ2n) is 6.04. The van der Waals surface area contributed by atoms with Crippen molar-refractivity contribution in [1.82, 2.24) is 5.32 Å². The smallest absolute Gasteiger partial charge is 0.229 e. The molecule has 1 aliphatic carbocycles. The van der Waals surface area contributed by atoms with E-state index in [1.807, 2.05) is 0 Å². The van der Waals surface area contributed by atoms with Crippen LogP contribution in [0, 0.1) is 11.7 Å². The van der Waals surface area contributed by atoms with Crippen LogP contribution in [-0.4, -0.2) is 32.0 Å². The van der Waals surface area contributed by atoms with Gasteiger partial charge in [-0.2, -0.15) is 0 Å². The average molecular weight is 323 g/mol. The predicted octanol–water partition coefficient (Wildman–Crippen LogP) is 2.55. The zero-order valence-corrected chi connectivity index (χ0v) is 13.4. The fraction of sp³-hybridized carbons (Fsp3) is 0.588. The molecule has 1 saturated heterocycles. The van der Waals surface area contributed by atoms with Crippen molar-refractivity contribution in [3.05, 3.63) is 29.6 Å². The SMILES string of the molecule is COc1cccc(F)c1[C@@H](C)NC(=O)[C@H]1CCCC12OCCO2. The van der Waals surface area contributed by atoms with Gasteiger partial charge < -0.3 is 19.5 Å². The van der Waals surface area contributed by atoms with Gasteiger partial charge in [0.25, 0.3) is 0 Å². The highest BCUT2D eigenvalue weighted by atomic mass is 19.1. The Bertz CT molecular complexity index is 580. The number of rotatable bonds is 4. The molecule has 1 aromatic rings. The zero-order chi connectivity index (χ0) is 16.4. The van der Waals surface area contributed by atoms with Crippen LogP contribution in [-0.2, 0) is 14.3 Å². The number of hydrogen-bond acceptors (Lipinski definition) is 4. The van der Waals surface area contributed by atoms with E-state index in [1.165, 1.54) is 13.2 Å². The molecule has 5 nitrogen and oxygen atoms in total. The van der Waals surface area contributed by atoms with Crippen LogP contribution in [0.5, 0.6) is 5.75 Å². The number of carbonyl (C=O) groups excluding carboxylic acids is 1. The largest absolute Gasteiger partial charge is 0.496 e. The van der Waals surface area contributed by atoms with Crippen molar-refractivity contribution >= 4 is 5.91 Å². The Morgan fingerprint density at radius 2 is 2.17 bits per heavy atom. The monoisotopic (exact) mass is 323 g/mol. The van der Waals surface area contributed by atoms with E-state index in [0.717, 1.165) is 12.8 Å². The van der Waals surface area contributed by atoms with Gasteiger partial charge in [0.15, 0.2) is 5.79 Å². The normalized spacial score (nSPS) is 23.9. The van der Waals surface area contributed by atoms with Crippen LogP contribution < -0.4 is 10.1 Å². The van der Waals surface area contributed by atoms with Crippen molar-refractivity contribution in [1.29, 1.82) is 0 Å². The predicted molar refractivity (Wildman–Crippen MR) is 81.5 cm³/mol. The molecule has 6 heteroatoms. The van der Waals surface area contributed by atoms with E-state index < -0.39 is 17.6 Å². The number of nitrogens with one attached hydrogen (secondary N) is 1. The lowest BCUT2D eigenvalue weighted by Gasteiger charge is -2.29. The summed E-state index contributed by atoms with van der Waals surface area (Å²) in [5.41, 5.74) is 0.351. The zero-order valence-electron chi connectivity index (χ0n) is 13.4. The maximum Gasteiger partial charge on any atom is 0.229 e. The first-order valence-electron chi connectivity index (χ1n) is 7.98. The molecule has 0 bridgehead atoms. The molecule has 2 fully saturated rings. The number of hydrogen-bond donors (Lipinski definition) is 1. The van der Waals surface area contributed by atoms with Gasteiger partial charge in [0.05, 0.1) is 37.8 Å². The first-order valence-corrected chi connectivity index (χ1v) is 7.98. The van der Waals surface area contributed by atoms with Crippen LogP contribution in [0.3, 0.4) is 0 Å². The molecule has 3 rings (SSSR count). The first kappa shape index (κ1) is 16.2. The van der Waals surface area contributed by atoms with Crippen LogP contribution in [0.4, 0.5) is 4.39 Å². The molecule has 1 heterocycles. The lowest BCUT2D eigenvalue weighted by Crippen LogP contribution is -2.45. The number of benzene rings is 1. The van der Waals surface area contributed by atoms with Crippen molar-refractivity contribution in [2.45, 2.75) is 38.0 Å². The highest BCUT2D eigenvalue weighted by Gasteiger charge is 2.51. The van der Waals surface area contributed by atoms with E-state index in [4.69, 9.17) is 14.2 Å². The number of halogens is 1. The molecule has 0 radical (unpaired) electrons. The van der Waals surface area contributed by atoms with Gasteiger partial charge in [-0.05, 0) is 31.9 Å². The first-order chi connectivity index (χ1) is 11.1. The summed E-state index contributed by atoms with van der Waals surface area (Å²) >= 11 is 0. The molecule has 23 heavy (non-hydrogen) atoms. The van der Waals surface area contributed by atoms with Gasteiger partial charge in [0, 0.05) is 6.42 Å². The Morgan fingerprint density at radius 1 is 1.43 bits per heavy atom. The van der Waals surface area contributed by atoms with Gasteiger partial charge in [-0.3, -0.25) is 4.79 Å². The molecule has 1 aliphatic heterocycles. The van der Waals surface area contributed by atoms with Gasteiger partial charge in [0.1, 0.15) is 11.6 Å². The van der Waals surface area contributed by atoms with E-state index in [1.54, 1.807) is 19.1 Å². The highest BCUT2D eigenvalue weighted by Crippen LogP contribution is 2.42. The third-order valence-electron chi connectivity index (χ3n) is 4.67. The number of methoxy groups -OCH3 is 1. The molecule has 2 aliphatic rings. The lowest BCUT2D eigenvalue weighted by molar-refractivity contribution is -0.186. The third-order valence-corrected chi connectivity index (χ3v) is 4.67. The summed E-state index contributed by atoms with van der Waals surface area (Å²) in [6, 6.07) is 4.12. The maximum absolute atomic E-state index is 14.1. The van der Waals surface area contributed by atoms with Crippen LogP contribution in [0.1, 0.15) is 37.8 Å². The van der Waals surface area contributed by atoms with Gasteiger partial charge >= 0.3 is 0 Å². The molecule has 1 saturated carbocycles. The summed E-state index contributed by atoms with van der Waals surface area (Å²) in [6.07, 6.45) is 2.32. The fourth-order valence-electron chi connectivity index (χ4n) is 3.60. The molecular formula is C17H22FNO4. The summed E-state index contributed by atoms with van der Waals surface area (Å²) in [4.78, 5) is 12.7. The minimum Gasteiger partial charge on any atom is -0.496 e. The molecule has 1 spiro atoms. The maximum atomic E-state index is 14.1. The Labute approximate surface area is 135 Å². The summed E-state index contributed by atoms with van der Waals surface area (Å²) < 4.78 is 30.8. The minimum atomic E-state index is -0.789. The second-order valence-corrected chi connectivity index (χ2v) is 6.04. The van der Waals surface area contributed by atoms with Crippen molar-refractivity contribution in [2.24, 2.45) is 5.92 Å². The third kappa shape index (κ3) is 2.93. The Balaban J connectivity index is 1.75. The molecule has 1 amide bonds. The molecule has 2 atom stereocenters. The van der Waals surface area contributed by atoms with Crippen molar-refractivity contribution in [3.63, 3.8) is 0 Å². The summed E-state index contributed by atoms with van der Waals surface area (Å²) in [6.45, 7) is 2.78. The minimum absolute atomic E-state index is 0.165. The molecule has 1 aromatic carbocycles. The number of amides is 1. The van der Waals surface area contributed by atoms with Crippen molar-refractivity contribution in [2.75, 3.05) is 20.3 Å². The quantitative estimate of drug-likeness (QED) is 0.925. The van der Waals surface area contributed by atoms with Gasteiger partial charge in [-0.25, -0.2) is 4.39 Å². The summed E-state index contributed by atoms with van der Waals surface area (Å²) in [5, 5.41) is 2.89. The second kappa shape index (κ2) is 6.45. The van der Waals surface area contributed by atoms with Crippen molar-refractivity contribution < 1.29 is 23.4 Å². The average Bonchev–Trinajstić information content (AvgIpc) is 3.17. The van der Waals surface area contributed by atoms with Crippen LogP contribution in [0.15, 0.2) is 18.2 Å². The molecule has 126 valence electrons. The lowest BCUT2D eigenvalue weighted by atomic mass is 9.99. The Morgan fingerprint density at radius 3 is 2.87 bits per heavy atom. The topological polar surface area (TPSA) is 56.8 Å². The highest BCUT2D eigenvalue weighted by molar-refractivity contribution is 5.80. The van der Waals surface area contributed by atoms with Crippen molar-refractivity contribution in [3.8, 4) is 5.75 Å². The van der Waals surface area contributed by atoms with Gasteiger partial charge in [-0.15, -0.1) is 0 Å². The van der Waals surface area contributed by atoms with Crippen LogP contribution in [0.25, 0.3) is 0 Å². The van der Waals surface area contributed by atoms with Crippen LogP contribution >= 0.6 is 0 Å². The number of ether oxygens (including phenoxy) is 3. The number of carbonyl (C=O) groups is 1. The summed E-state index contributed by atoms with van der Waals surface area (Å²) in [5.74, 6) is -1.28. The molecule has 0 aromatic heterocycles. The summed E-state index contributed by atoms with van der Waals surface area (Å²) in [7, 11) is 1.49. The van der Waals surface area contributed by atoms with Crippen LogP contribution in [0.2, 0.25) is 0 Å². The Hall–Kier alpha value is -1.66. The fourth-order valence-corrected chi connectivity index (χ4v) is 3.60. The standard InChI is InChI=1S/C17H22FNO4/c1-11(15-13(18)6-3-7-14(15)21-2)19-16(20)12-5-4-8-17(12)22-9-10-23-17/h3,6-7,11-12H,4-5,8-10H2,1-2H3,(H,19,20)/t11-,12-/m1/s1. The Kier molecular flexibility index (Phi) is 4.55. The van der Waals surface area contributed by atoms with E-state index in [9.17, 15) is 9.18 Å². The van der Waals surface area contributed by atoms with E-state index in [0.29, 0.717) is 30.9 Å². The van der Waals surface area contributed by atoms with E-state index in [-0.39, 0.29) is 11.8 Å². The molecule has 0 unspecified atom stereocenters. The molecule has 1 N–H and O–H groups in total.